The van der Waals surface area contributed by atoms with E-state index >= 15 is 0 Å². The molecule has 2 atom stereocenters. The van der Waals surface area contributed by atoms with Crippen LogP contribution in [0.3, 0.4) is 0 Å². The van der Waals surface area contributed by atoms with Gasteiger partial charge in [-0.1, -0.05) is 6.92 Å². The molecule has 17 heavy (non-hydrogen) atoms. The standard InChI is InChI=1S/C13H27NO3/c1-6-11(2)17-10-8-7-9-13(3,14-4)12(15)16-5/h11,14H,6-10H2,1-5H3. The summed E-state index contributed by atoms with van der Waals surface area (Å²) in [4.78, 5) is 11.6. The van der Waals surface area contributed by atoms with E-state index in [0.717, 1.165) is 32.3 Å². The molecule has 0 radical (unpaired) electrons. The number of rotatable bonds is 9. The number of carbonyl (C=O) groups excluding carboxylic acids is 1. The van der Waals surface area contributed by atoms with Gasteiger partial charge in [-0.25, -0.2) is 0 Å². The average molecular weight is 245 g/mol. The van der Waals surface area contributed by atoms with Crippen LogP contribution in [0.1, 0.15) is 46.5 Å². The van der Waals surface area contributed by atoms with Gasteiger partial charge in [-0.3, -0.25) is 4.79 Å². The molecule has 0 saturated heterocycles. The van der Waals surface area contributed by atoms with E-state index < -0.39 is 5.54 Å². The fourth-order valence-electron chi connectivity index (χ4n) is 1.54. The normalized spacial score (nSPS) is 16.3. The summed E-state index contributed by atoms with van der Waals surface area (Å²) < 4.78 is 10.4. The van der Waals surface area contributed by atoms with Crippen molar-refractivity contribution in [2.75, 3.05) is 20.8 Å². The Kier molecular flexibility index (Phi) is 8.17. The lowest BCUT2D eigenvalue weighted by molar-refractivity contribution is -0.148. The first-order chi connectivity index (χ1) is 8.00. The Labute approximate surface area is 105 Å². The zero-order valence-corrected chi connectivity index (χ0v) is 11.8. The van der Waals surface area contributed by atoms with Crippen molar-refractivity contribution in [3.05, 3.63) is 0 Å². The van der Waals surface area contributed by atoms with Gasteiger partial charge in [0.25, 0.3) is 0 Å². The molecule has 0 aliphatic carbocycles. The van der Waals surface area contributed by atoms with Gasteiger partial charge in [0.05, 0.1) is 13.2 Å². The van der Waals surface area contributed by atoms with Crippen LogP contribution in [0.25, 0.3) is 0 Å². The molecule has 2 unspecified atom stereocenters. The van der Waals surface area contributed by atoms with Crippen LogP contribution in [0, 0.1) is 0 Å². The van der Waals surface area contributed by atoms with Crippen LogP contribution in [-0.4, -0.2) is 38.4 Å². The van der Waals surface area contributed by atoms with Crippen molar-refractivity contribution in [1.82, 2.24) is 5.32 Å². The Hall–Kier alpha value is -0.610. The Balaban J connectivity index is 3.81. The van der Waals surface area contributed by atoms with Gasteiger partial charge < -0.3 is 14.8 Å². The van der Waals surface area contributed by atoms with Gasteiger partial charge in [-0.15, -0.1) is 0 Å². The highest BCUT2D eigenvalue weighted by molar-refractivity contribution is 5.80. The zero-order valence-electron chi connectivity index (χ0n) is 11.8. The molecule has 0 aromatic carbocycles. The second-order valence-corrected chi connectivity index (χ2v) is 4.62. The Morgan fingerprint density at radius 1 is 1.41 bits per heavy atom. The summed E-state index contributed by atoms with van der Waals surface area (Å²) in [6.07, 6.45) is 4.05. The first kappa shape index (κ1) is 16.4. The first-order valence-corrected chi connectivity index (χ1v) is 6.39. The number of hydrogen-bond acceptors (Lipinski definition) is 4. The molecule has 0 spiro atoms. The first-order valence-electron chi connectivity index (χ1n) is 6.39. The van der Waals surface area contributed by atoms with E-state index in [-0.39, 0.29) is 5.97 Å². The fraction of sp³-hybridized carbons (Fsp3) is 0.923. The maximum Gasteiger partial charge on any atom is 0.325 e. The molecular weight excluding hydrogens is 218 g/mol. The largest absolute Gasteiger partial charge is 0.468 e. The van der Waals surface area contributed by atoms with Gasteiger partial charge in [0, 0.05) is 6.61 Å². The highest BCUT2D eigenvalue weighted by atomic mass is 16.5. The molecular formula is C13H27NO3. The van der Waals surface area contributed by atoms with Crippen molar-refractivity contribution in [3.8, 4) is 0 Å². The Bertz CT molecular complexity index is 221. The molecule has 0 rings (SSSR count). The number of esters is 1. The molecule has 0 aromatic heterocycles. The van der Waals surface area contributed by atoms with Crippen LogP contribution >= 0.6 is 0 Å². The average Bonchev–Trinajstić information content (AvgIpc) is 2.36. The molecule has 0 amide bonds. The molecule has 0 bridgehead atoms. The molecule has 0 aliphatic rings. The van der Waals surface area contributed by atoms with Crippen molar-refractivity contribution >= 4 is 5.97 Å². The smallest absolute Gasteiger partial charge is 0.325 e. The van der Waals surface area contributed by atoms with E-state index in [1.54, 1.807) is 7.05 Å². The van der Waals surface area contributed by atoms with Crippen LogP contribution < -0.4 is 5.32 Å². The summed E-state index contributed by atoms with van der Waals surface area (Å²) in [7, 11) is 3.20. The van der Waals surface area contributed by atoms with Gasteiger partial charge in [-0.05, 0) is 46.6 Å². The lowest BCUT2D eigenvalue weighted by atomic mass is 9.95. The van der Waals surface area contributed by atoms with Crippen molar-refractivity contribution < 1.29 is 14.3 Å². The lowest BCUT2D eigenvalue weighted by Gasteiger charge is -2.26. The molecule has 4 heteroatoms. The van der Waals surface area contributed by atoms with Crippen molar-refractivity contribution in [1.29, 1.82) is 0 Å². The molecule has 102 valence electrons. The number of methoxy groups -OCH3 is 1. The van der Waals surface area contributed by atoms with E-state index in [2.05, 4.69) is 19.2 Å². The summed E-state index contributed by atoms with van der Waals surface area (Å²) in [6.45, 7) is 6.82. The molecule has 0 heterocycles. The molecule has 0 aromatic rings. The van der Waals surface area contributed by atoms with Crippen LogP contribution in [0.5, 0.6) is 0 Å². The molecule has 1 N–H and O–H groups in total. The molecule has 4 nitrogen and oxygen atoms in total. The number of hydrogen-bond donors (Lipinski definition) is 1. The van der Waals surface area contributed by atoms with Gasteiger partial charge >= 0.3 is 5.97 Å². The van der Waals surface area contributed by atoms with Crippen molar-refractivity contribution in [2.45, 2.75) is 58.1 Å². The van der Waals surface area contributed by atoms with E-state index in [0.29, 0.717) is 6.10 Å². The third-order valence-corrected chi connectivity index (χ3v) is 3.24. The maximum absolute atomic E-state index is 11.6. The number of likely N-dealkylation sites (N-methyl/N-ethyl adjacent to an activating group) is 1. The predicted octanol–water partition coefficient (Wildman–Crippen LogP) is 2.12. The van der Waals surface area contributed by atoms with Gasteiger partial charge in [0.2, 0.25) is 0 Å². The monoisotopic (exact) mass is 245 g/mol. The number of ether oxygens (including phenoxy) is 2. The minimum atomic E-state index is -0.578. The van der Waals surface area contributed by atoms with Crippen molar-refractivity contribution in [3.63, 3.8) is 0 Å². The van der Waals surface area contributed by atoms with Crippen LogP contribution in [0.15, 0.2) is 0 Å². The maximum atomic E-state index is 11.6. The van der Waals surface area contributed by atoms with Crippen LogP contribution in [-0.2, 0) is 14.3 Å². The van der Waals surface area contributed by atoms with E-state index in [1.807, 2.05) is 6.92 Å². The Morgan fingerprint density at radius 3 is 2.53 bits per heavy atom. The van der Waals surface area contributed by atoms with E-state index in [1.165, 1.54) is 7.11 Å². The Morgan fingerprint density at radius 2 is 2.06 bits per heavy atom. The third-order valence-electron chi connectivity index (χ3n) is 3.24. The highest BCUT2D eigenvalue weighted by Crippen LogP contribution is 2.15. The summed E-state index contributed by atoms with van der Waals surface area (Å²) in [6, 6.07) is 0. The van der Waals surface area contributed by atoms with Crippen LogP contribution in [0.4, 0.5) is 0 Å². The second-order valence-electron chi connectivity index (χ2n) is 4.62. The number of nitrogens with one attached hydrogen (secondary N) is 1. The minimum Gasteiger partial charge on any atom is -0.468 e. The SMILES string of the molecule is CCC(C)OCCCCC(C)(NC)C(=O)OC. The van der Waals surface area contributed by atoms with Gasteiger partial charge in [0.1, 0.15) is 5.54 Å². The summed E-state index contributed by atoms with van der Waals surface area (Å²) in [5.41, 5.74) is -0.578. The predicted molar refractivity (Wildman–Crippen MR) is 69.0 cm³/mol. The van der Waals surface area contributed by atoms with E-state index in [9.17, 15) is 4.79 Å². The molecule has 0 aliphatic heterocycles. The molecule has 0 saturated carbocycles. The summed E-state index contributed by atoms with van der Waals surface area (Å²) in [5, 5.41) is 3.02. The van der Waals surface area contributed by atoms with Gasteiger partial charge in [-0.2, -0.15) is 0 Å². The second kappa shape index (κ2) is 8.48. The quantitative estimate of drug-likeness (QED) is 0.499. The lowest BCUT2D eigenvalue weighted by Crippen LogP contribution is -2.48. The topological polar surface area (TPSA) is 47.6 Å². The molecule has 0 fully saturated rings. The summed E-state index contributed by atoms with van der Waals surface area (Å²) >= 11 is 0. The van der Waals surface area contributed by atoms with Gasteiger partial charge in [0.15, 0.2) is 0 Å². The zero-order chi connectivity index (χ0) is 13.3. The summed E-state index contributed by atoms with van der Waals surface area (Å²) in [5.74, 6) is -0.206. The fourth-order valence-corrected chi connectivity index (χ4v) is 1.54. The number of unbranched alkanes of at least 4 members (excludes halogenated alkanes) is 1. The highest BCUT2D eigenvalue weighted by Gasteiger charge is 2.31. The van der Waals surface area contributed by atoms with Crippen LogP contribution in [0.2, 0.25) is 0 Å². The minimum absolute atomic E-state index is 0.206. The van der Waals surface area contributed by atoms with Crippen molar-refractivity contribution in [2.24, 2.45) is 0 Å². The van der Waals surface area contributed by atoms with E-state index in [4.69, 9.17) is 9.47 Å². The number of carbonyl (C=O) groups is 1. The third kappa shape index (κ3) is 6.03.